The van der Waals surface area contributed by atoms with Gasteiger partial charge in [-0.2, -0.15) is 20.2 Å². The summed E-state index contributed by atoms with van der Waals surface area (Å²) in [5, 5.41) is 3.14. The molecule has 0 aliphatic carbocycles. The van der Waals surface area contributed by atoms with Gasteiger partial charge in [0.05, 0.1) is 62.3 Å². The first kappa shape index (κ1) is 60.0. The normalized spacial score (nSPS) is 18.7. The molecule has 19 nitrogen and oxygen atoms in total. The molecule has 2 N–H and O–H groups in total. The molecule has 0 spiro atoms. The quantitative estimate of drug-likeness (QED) is 0.0273. The van der Waals surface area contributed by atoms with E-state index in [2.05, 4.69) is 16.3 Å². The summed E-state index contributed by atoms with van der Waals surface area (Å²) in [5.41, 5.74) is 7.89. The minimum Gasteiger partial charge on any atom is -0.493 e. The molecule has 0 radical (unpaired) electrons. The van der Waals surface area contributed by atoms with E-state index in [1.807, 2.05) is 78.7 Å². The summed E-state index contributed by atoms with van der Waals surface area (Å²) in [6, 6.07) is 27.7. The Morgan fingerprint density at radius 3 is 2.00 bits per heavy atom. The van der Waals surface area contributed by atoms with Gasteiger partial charge in [0, 0.05) is 92.7 Å². The number of thioether (sulfide) groups is 1. The molecule has 1 fully saturated rings. The second-order valence-corrected chi connectivity index (χ2v) is 24.4. The van der Waals surface area contributed by atoms with Crippen molar-refractivity contribution in [3.63, 3.8) is 0 Å². The van der Waals surface area contributed by atoms with Gasteiger partial charge in [-0.15, -0.1) is 0 Å². The minimum absolute atomic E-state index is 0.00675. The Hall–Kier alpha value is -7.17. The molecule has 2 unspecified atom stereocenters. The highest BCUT2D eigenvalue weighted by Gasteiger charge is 2.44. The van der Waals surface area contributed by atoms with Gasteiger partial charge in [0.2, 0.25) is 11.8 Å². The highest BCUT2D eigenvalue weighted by atomic mass is 32.2. The molecule has 10 rings (SSSR count). The van der Waals surface area contributed by atoms with Crippen LogP contribution in [0.25, 0.3) is 0 Å². The van der Waals surface area contributed by atoms with Crippen LogP contribution in [0.15, 0.2) is 91.0 Å². The number of fused-ring (bicyclic) bond motifs is 8. The predicted molar refractivity (Wildman–Crippen MR) is 321 cm³/mol. The smallest absolute Gasteiger partial charge is 0.265 e. The van der Waals surface area contributed by atoms with E-state index in [0.29, 0.717) is 116 Å². The third-order valence-electron chi connectivity index (χ3n) is 16.3. The average Bonchev–Trinajstić information content (AvgIpc) is 3.64. The Morgan fingerprint density at radius 1 is 0.702 bits per heavy atom. The van der Waals surface area contributed by atoms with Gasteiger partial charge >= 0.3 is 0 Å². The van der Waals surface area contributed by atoms with E-state index < -0.39 is 27.8 Å². The summed E-state index contributed by atoms with van der Waals surface area (Å²) >= 11 is 1.36. The number of benzene rings is 5. The first-order valence-electron chi connectivity index (χ1n) is 28.8. The van der Waals surface area contributed by atoms with Crippen LogP contribution >= 0.6 is 11.8 Å². The molecule has 5 aliphatic heterocycles. The molecule has 4 amide bonds. The zero-order chi connectivity index (χ0) is 59.1. The van der Waals surface area contributed by atoms with Crippen molar-refractivity contribution in [1.29, 1.82) is 0 Å². The lowest BCUT2D eigenvalue weighted by atomic mass is 9.91. The highest BCUT2D eigenvalue weighted by molar-refractivity contribution is 8.00. The second kappa shape index (κ2) is 26.8. The van der Waals surface area contributed by atoms with Crippen LogP contribution < -0.4 is 39.0 Å². The Morgan fingerprint density at radius 2 is 1.33 bits per heavy atom. The Balaban J connectivity index is 0.929. The summed E-state index contributed by atoms with van der Waals surface area (Å²) in [6.07, 6.45) is 5.59. The molecular formula is C63H73N5O14S2. The monoisotopic (exact) mass is 1190 g/mol. The fraction of sp³-hybridized carbons (Fsp3) is 0.444. The molecule has 84 heavy (non-hydrogen) atoms. The molecule has 1 saturated heterocycles. The molecule has 0 aromatic heterocycles. The number of ketones is 1. The van der Waals surface area contributed by atoms with Gasteiger partial charge in [0.25, 0.3) is 21.9 Å². The van der Waals surface area contributed by atoms with Gasteiger partial charge < -0.3 is 48.4 Å². The topological polar surface area (TPSA) is 220 Å². The zero-order valence-electron chi connectivity index (χ0n) is 48.0. The number of carbonyl (C=O) groups is 5. The number of nitrogens with zero attached hydrogens (tertiary/aromatic N) is 4. The molecule has 5 aromatic rings. The molecule has 0 bridgehead atoms. The van der Waals surface area contributed by atoms with Crippen molar-refractivity contribution in [2.45, 2.75) is 95.3 Å². The van der Waals surface area contributed by atoms with Crippen LogP contribution in [-0.2, 0) is 66.5 Å². The van der Waals surface area contributed by atoms with Gasteiger partial charge in [-0.05, 0) is 121 Å². The summed E-state index contributed by atoms with van der Waals surface area (Å²) in [6.45, 7) is 5.58. The maximum Gasteiger partial charge on any atom is 0.265 e. The van der Waals surface area contributed by atoms with E-state index >= 15 is 0 Å². The van der Waals surface area contributed by atoms with Crippen molar-refractivity contribution in [3.05, 3.63) is 130 Å². The third kappa shape index (κ3) is 13.5. The van der Waals surface area contributed by atoms with Crippen LogP contribution in [0.4, 0.5) is 22.7 Å². The SMILES string of the molecule is CCCOCCOCCN(CCCC(=O)CCCN1C(=O)CC(SC)C1=O)c1cc(COc2cc3c(cc2OC)C(=O)N2c4ccccc4C[C@H]2C(CS(=O)(=O)O)C3)cc(COc2cc3c(cc2OC)C(=O)N2c4ccccc4C[C@H]2CN3)c1. The molecule has 446 valence electrons. The van der Waals surface area contributed by atoms with Gasteiger partial charge in [-0.25, -0.2) is 0 Å². The second-order valence-electron chi connectivity index (χ2n) is 21.9. The van der Waals surface area contributed by atoms with Crippen molar-refractivity contribution in [1.82, 2.24) is 4.90 Å². The van der Waals surface area contributed by atoms with E-state index in [4.69, 9.17) is 28.4 Å². The van der Waals surface area contributed by atoms with Crippen LogP contribution in [-0.4, -0.2) is 143 Å². The number of amides is 4. The fourth-order valence-corrected chi connectivity index (χ4v) is 13.7. The number of ether oxygens (including phenoxy) is 6. The summed E-state index contributed by atoms with van der Waals surface area (Å²) in [4.78, 5) is 74.5. The number of hydrogen-bond donors (Lipinski definition) is 2. The minimum atomic E-state index is -4.44. The fourth-order valence-electron chi connectivity index (χ4n) is 12.2. The van der Waals surface area contributed by atoms with Crippen LogP contribution in [0.1, 0.15) is 94.0 Å². The van der Waals surface area contributed by atoms with E-state index in [0.717, 1.165) is 46.5 Å². The number of nitrogens with one attached hydrogen (secondary N) is 1. The Kier molecular flexibility index (Phi) is 19.1. The first-order valence-corrected chi connectivity index (χ1v) is 31.7. The summed E-state index contributed by atoms with van der Waals surface area (Å²) in [5.74, 6) is -0.598. The largest absolute Gasteiger partial charge is 0.493 e. The third-order valence-corrected chi connectivity index (χ3v) is 18.1. The predicted octanol–water partition coefficient (Wildman–Crippen LogP) is 8.36. The van der Waals surface area contributed by atoms with Crippen LogP contribution in [0.2, 0.25) is 0 Å². The van der Waals surface area contributed by atoms with Gasteiger partial charge in [0.15, 0.2) is 23.0 Å². The molecule has 5 heterocycles. The number of hydrogen-bond acceptors (Lipinski definition) is 16. The number of likely N-dealkylation sites (tertiary alicyclic amines) is 1. The Bertz CT molecular complexity index is 3400. The van der Waals surface area contributed by atoms with Crippen LogP contribution in [0.5, 0.6) is 23.0 Å². The zero-order valence-corrected chi connectivity index (χ0v) is 49.6. The van der Waals surface area contributed by atoms with Crippen molar-refractivity contribution >= 4 is 74.0 Å². The van der Waals surface area contributed by atoms with E-state index in [9.17, 15) is 36.9 Å². The maximum absolute atomic E-state index is 14.6. The first-order chi connectivity index (χ1) is 40.6. The Labute approximate surface area is 495 Å². The molecule has 4 atom stereocenters. The lowest BCUT2D eigenvalue weighted by molar-refractivity contribution is -0.138. The lowest BCUT2D eigenvalue weighted by Crippen LogP contribution is -2.43. The van der Waals surface area contributed by atoms with Gasteiger partial charge in [0.1, 0.15) is 19.0 Å². The maximum atomic E-state index is 14.6. The molecule has 0 saturated carbocycles. The van der Waals surface area contributed by atoms with Crippen molar-refractivity contribution in [3.8, 4) is 23.0 Å². The van der Waals surface area contributed by atoms with Crippen molar-refractivity contribution < 1.29 is 65.4 Å². The average molecular weight is 1190 g/mol. The lowest BCUT2D eigenvalue weighted by Gasteiger charge is -2.28. The number of Topliss-reactive ketones (excluding diaryl/α,β-unsaturated/α-hetero) is 1. The number of imide groups is 1. The van der Waals surface area contributed by atoms with Crippen molar-refractivity contribution in [2.75, 3.05) is 98.9 Å². The summed E-state index contributed by atoms with van der Waals surface area (Å²) in [7, 11) is -1.41. The van der Waals surface area contributed by atoms with E-state index in [-0.39, 0.29) is 86.1 Å². The molecule has 21 heteroatoms. The van der Waals surface area contributed by atoms with Gasteiger partial charge in [-0.3, -0.25) is 33.4 Å². The molecular weight excluding hydrogens is 1110 g/mol. The standard InChI is InChI=1S/C63H73N5O14S2/c1-5-21-79-23-24-80-22-20-65(18-10-14-48(69)15-11-19-66-60(70)35-59(83-4)63(66)73)46-26-40(25-41(27-46)38-82-58-34-51-50(33-56(58)78-3)62(72)67-47(36-64-51)29-42-12-6-8-16-52(42)67)37-81-57-31-44-28-45(39-84(74,75)76)54-30-43-13-7-9-17-53(43)68(54)61(71)49(44)32-55(57)77-2/h6-9,12-13,16-17,25-27,31-34,45,47,54,59,64H,5,10-11,14-15,18-24,28-30,35-39H2,1-4H3,(H,74,75,76)/t45?,47-,54-,59?/m0/s1. The molecule has 5 aromatic carbocycles. The number of para-hydroxylation sites is 2. The van der Waals surface area contributed by atoms with Crippen LogP contribution in [0.3, 0.4) is 0 Å². The number of carbonyl (C=O) groups excluding carboxylic acids is 5. The number of methoxy groups -OCH3 is 2. The number of anilines is 4. The van der Waals surface area contributed by atoms with Crippen molar-refractivity contribution in [2.24, 2.45) is 5.92 Å². The van der Waals surface area contributed by atoms with E-state index in [1.54, 1.807) is 29.2 Å². The summed E-state index contributed by atoms with van der Waals surface area (Å²) < 4.78 is 72.1. The molecule has 5 aliphatic rings. The van der Waals surface area contributed by atoms with E-state index in [1.165, 1.54) is 30.9 Å². The van der Waals surface area contributed by atoms with Crippen LogP contribution in [0, 0.1) is 5.92 Å². The highest BCUT2D eigenvalue weighted by Crippen LogP contribution is 2.44. The number of rotatable bonds is 28. The van der Waals surface area contributed by atoms with Gasteiger partial charge in [-0.1, -0.05) is 43.3 Å².